The van der Waals surface area contributed by atoms with E-state index in [2.05, 4.69) is 34.9 Å². The molecule has 0 radical (unpaired) electrons. The number of rotatable bonds is 6. The van der Waals surface area contributed by atoms with E-state index in [0.717, 1.165) is 28.8 Å². The van der Waals surface area contributed by atoms with Crippen molar-refractivity contribution in [3.8, 4) is 0 Å². The zero-order valence-corrected chi connectivity index (χ0v) is 14.0. The summed E-state index contributed by atoms with van der Waals surface area (Å²) in [6, 6.07) is 6.86. The quantitative estimate of drug-likeness (QED) is 0.861. The first-order valence-corrected chi connectivity index (χ1v) is 8.10. The Labute approximate surface area is 133 Å². The average Bonchev–Trinajstić information content (AvgIpc) is 2.81. The highest BCUT2D eigenvalue weighted by Crippen LogP contribution is 2.29. The summed E-state index contributed by atoms with van der Waals surface area (Å²) in [6.07, 6.45) is 1.55. The van der Waals surface area contributed by atoms with Crippen LogP contribution in [-0.2, 0) is 19.4 Å². The van der Waals surface area contributed by atoms with Gasteiger partial charge in [-0.3, -0.25) is 4.68 Å². The molecule has 1 unspecified atom stereocenters. The lowest BCUT2D eigenvalue weighted by molar-refractivity contribution is 0.549. The second-order valence-electron chi connectivity index (χ2n) is 5.03. The standard InChI is InChI=1S/C16H21BrFN3/c1-3-14-16(17)15(21(4-2)20-14)9-11(10-19)12-7-5-6-8-13(12)18/h5-8,11H,3-4,9-10,19H2,1-2H3. The van der Waals surface area contributed by atoms with E-state index < -0.39 is 0 Å². The van der Waals surface area contributed by atoms with Crippen LogP contribution in [0.15, 0.2) is 28.7 Å². The molecule has 114 valence electrons. The van der Waals surface area contributed by atoms with Crippen molar-refractivity contribution in [2.24, 2.45) is 5.73 Å². The number of hydrogen-bond acceptors (Lipinski definition) is 2. The molecule has 2 N–H and O–H groups in total. The number of aromatic nitrogens is 2. The van der Waals surface area contributed by atoms with E-state index in [1.54, 1.807) is 6.07 Å². The minimum Gasteiger partial charge on any atom is -0.330 e. The maximum Gasteiger partial charge on any atom is 0.126 e. The van der Waals surface area contributed by atoms with Gasteiger partial charge in [-0.25, -0.2) is 4.39 Å². The highest BCUT2D eigenvalue weighted by molar-refractivity contribution is 9.10. The van der Waals surface area contributed by atoms with Crippen molar-refractivity contribution in [3.05, 3.63) is 51.5 Å². The van der Waals surface area contributed by atoms with Crippen molar-refractivity contribution < 1.29 is 4.39 Å². The number of nitrogens with two attached hydrogens (primary N) is 1. The van der Waals surface area contributed by atoms with E-state index in [-0.39, 0.29) is 11.7 Å². The van der Waals surface area contributed by atoms with Crippen LogP contribution in [0.5, 0.6) is 0 Å². The van der Waals surface area contributed by atoms with E-state index in [4.69, 9.17) is 5.73 Å². The lowest BCUT2D eigenvalue weighted by atomic mass is 9.93. The number of hydrogen-bond donors (Lipinski definition) is 1. The smallest absolute Gasteiger partial charge is 0.126 e. The topological polar surface area (TPSA) is 43.8 Å². The van der Waals surface area contributed by atoms with E-state index in [9.17, 15) is 4.39 Å². The van der Waals surface area contributed by atoms with Crippen molar-refractivity contribution in [3.63, 3.8) is 0 Å². The van der Waals surface area contributed by atoms with E-state index in [0.29, 0.717) is 18.5 Å². The van der Waals surface area contributed by atoms with Crippen LogP contribution in [0.25, 0.3) is 0 Å². The SMILES string of the molecule is CCc1nn(CC)c(CC(CN)c2ccccc2F)c1Br. The number of halogens is 2. The normalized spacial score (nSPS) is 12.6. The maximum atomic E-state index is 14.0. The second kappa shape index (κ2) is 7.18. The van der Waals surface area contributed by atoms with Gasteiger partial charge in [0.2, 0.25) is 0 Å². The molecule has 1 atom stereocenters. The molecule has 5 heteroatoms. The fourth-order valence-electron chi connectivity index (χ4n) is 2.57. The molecule has 1 aromatic heterocycles. The Kier molecular flexibility index (Phi) is 5.53. The summed E-state index contributed by atoms with van der Waals surface area (Å²) in [7, 11) is 0. The van der Waals surface area contributed by atoms with Crippen LogP contribution in [0.2, 0.25) is 0 Å². The molecule has 0 spiro atoms. The highest BCUT2D eigenvalue weighted by Gasteiger charge is 2.20. The zero-order chi connectivity index (χ0) is 15.4. The number of aryl methyl sites for hydroxylation is 2. The molecule has 0 aliphatic carbocycles. The van der Waals surface area contributed by atoms with Gasteiger partial charge in [-0.05, 0) is 53.9 Å². The van der Waals surface area contributed by atoms with Crippen LogP contribution in [0, 0.1) is 5.82 Å². The van der Waals surface area contributed by atoms with Gasteiger partial charge in [0.15, 0.2) is 0 Å². The molecule has 0 amide bonds. The third kappa shape index (κ3) is 3.35. The van der Waals surface area contributed by atoms with Gasteiger partial charge in [0.1, 0.15) is 5.82 Å². The fraction of sp³-hybridized carbons (Fsp3) is 0.438. The summed E-state index contributed by atoms with van der Waals surface area (Å²) in [5.74, 6) is -0.239. The van der Waals surface area contributed by atoms with Gasteiger partial charge in [0.05, 0.1) is 15.9 Å². The van der Waals surface area contributed by atoms with Crippen LogP contribution >= 0.6 is 15.9 Å². The molecule has 3 nitrogen and oxygen atoms in total. The number of benzene rings is 1. The van der Waals surface area contributed by atoms with Gasteiger partial charge in [-0.2, -0.15) is 5.10 Å². The average molecular weight is 354 g/mol. The molecule has 0 aliphatic rings. The molecule has 0 saturated heterocycles. The summed E-state index contributed by atoms with van der Waals surface area (Å²) in [5, 5.41) is 4.59. The van der Waals surface area contributed by atoms with Gasteiger partial charge in [-0.1, -0.05) is 25.1 Å². The Morgan fingerprint density at radius 3 is 2.62 bits per heavy atom. The molecule has 1 aromatic carbocycles. The summed E-state index contributed by atoms with van der Waals surface area (Å²) in [6.45, 7) is 5.34. The van der Waals surface area contributed by atoms with E-state index in [1.807, 2.05) is 16.8 Å². The van der Waals surface area contributed by atoms with Crippen LogP contribution in [0.1, 0.15) is 36.7 Å². The highest BCUT2D eigenvalue weighted by atomic mass is 79.9. The van der Waals surface area contributed by atoms with Crippen LogP contribution < -0.4 is 5.73 Å². The predicted molar refractivity (Wildman–Crippen MR) is 86.9 cm³/mol. The van der Waals surface area contributed by atoms with Gasteiger partial charge >= 0.3 is 0 Å². The monoisotopic (exact) mass is 353 g/mol. The Hall–Kier alpha value is -1.20. The van der Waals surface area contributed by atoms with E-state index in [1.165, 1.54) is 6.07 Å². The second-order valence-corrected chi connectivity index (χ2v) is 5.83. The van der Waals surface area contributed by atoms with Crippen molar-refractivity contribution in [2.75, 3.05) is 6.54 Å². The molecule has 0 saturated carbocycles. The van der Waals surface area contributed by atoms with Crippen molar-refractivity contribution in [1.82, 2.24) is 9.78 Å². The Balaban J connectivity index is 2.35. The first-order chi connectivity index (χ1) is 10.1. The van der Waals surface area contributed by atoms with Gasteiger partial charge in [-0.15, -0.1) is 0 Å². The van der Waals surface area contributed by atoms with E-state index >= 15 is 0 Å². The molecular formula is C16H21BrFN3. The van der Waals surface area contributed by atoms with Crippen molar-refractivity contribution in [1.29, 1.82) is 0 Å². The molecule has 0 aliphatic heterocycles. The molecule has 2 aromatic rings. The lowest BCUT2D eigenvalue weighted by Gasteiger charge is -2.17. The first kappa shape index (κ1) is 16.2. The third-order valence-electron chi connectivity index (χ3n) is 3.76. The first-order valence-electron chi connectivity index (χ1n) is 7.30. The summed E-state index contributed by atoms with van der Waals surface area (Å²) in [5.41, 5.74) is 8.69. The summed E-state index contributed by atoms with van der Waals surface area (Å²) >= 11 is 3.63. The Morgan fingerprint density at radius 1 is 1.33 bits per heavy atom. The minimum atomic E-state index is -0.192. The molecule has 21 heavy (non-hydrogen) atoms. The number of nitrogens with zero attached hydrogens (tertiary/aromatic N) is 2. The molecule has 0 bridgehead atoms. The summed E-state index contributed by atoms with van der Waals surface area (Å²) < 4.78 is 17.0. The van der Waals surface area contributed by atoms with Gasteiger partial charge in [0.25, 0.3) is 0 Å². The molecular weight excluding hydrogens is 333 g/mol. The van der Waals surface area contributed by atoms with Gasteiger partial charge < -0.3 is 5.73 Å². The van der Waals surface area contributed by atoms with Crippen LogP contribution in [0.3, 0.4) is 0 Å². The largest absolute Gasteiger partial charge is 0.330 e. The fourth-order valence-corrected chi connectivity index (χ4v) is 3.30. The zero-order valence-electron chi connectivity index (χ0n) is 12.4. The van der Waals surface area contributed by atoms with Crippen LogP contribution in [-0.4, -0.2) is 16.3 Å². The molecule has 2 rings (SSSR count). The van der Waals surface area contributed by atoms with Crippen molar-refractivity contribution in [2.45, 2.75) is 39.2 Å². The minimum absolute atomic E-state index is 0.0470. The Bertz CT molecular complexity index is 610. The van der Waals surface area contributed by atoms with Crippen molar-refractivity contribution >= 4 is 15.9 Å². The molecule has 0 fully saturated rings. The lowest BCUT2D eigenvalue weighted by Crippen LogP contribution is -2.18. The predicted octanol–water partition coefficient (Wildman–Crippen LogP) is 3.65. The Morgan fingerprint density at radius 2 is 2.05 bits per heavy atom. The third-order valence-corrected chi connectivity index (χ3v) is 4.68. The van der Waals surface area contributed by atoms with Gasteiger partial charge in [0, 0.05) is 12.5 Å². The molecule has 1 heterocycles. The van der Waals surface area contributed by atoms with Crippen LogP contribution in [0.4, 0.5) is 4.39 Å². The summed E-state index contributed by atoms with van der Waals surface area (Å²) in [4.78, 5) is 0. The maximum absolute atomic E-state index is 14.0.